The van der Waals surface area contributed by atoms with E-state index in [1.165, 1.54) is 54.3 Å². The summed E-state index contributed by atoms with van der Waals surface area (Å²) in [6, 6.07) is 17.4. The Balaban J connectivity index is 2.04. The van der Waals surface area contributed by atoms with Gasteiger partial charge in [-0.05, 0) is 50.6 Å². The lowest BCUT2D eigenvalue weighted by Crippen LogP contribution is -2.51. The van der Waals surface area contributed by atoms with Crippen molar-refractivity contribution in [3.05, 3.63) is 94.8 Å². The third-order valence-corrected chi connectivity index (χ3v) is 8.12. The van der Waals surface area contributed by atoms with E-state index in [-0.39, 0.29) is 27.7 Å². The zero-order valence-electron chi connectivity index (χ0n) is 21.5. The van der Waals surface area contributed by atoms with Crippen molar-refractivity contribution in [2.45, 2.75) is 44.7 Å². The highest BCUT2D eigenvalue weighted by molar-refractivity contribution is 7.92. The number of carbonyl (C=O) groups excluding carboxylic acids is 2. The summed E-state index contributed by atoms with van der Waals surface area (Å²) in [6.07, 6.45) is 0.689. The first-order valence-electron chi connectivity index (χ1n) is 12.2. The second kappa shape index (κ2) is 12.9. The van der Waals surface area contributed by atoms with Crippen LogP contribution in [0.25, 0.3) is 0 Å². The molecule has 2 amide bonds. The number of nitrogens with zero attached hydrogens (tertiary/aromatic N) is 2. The molecule has 0 radical (unpaired) electrons. The summed E-state index contributed by atoms with van der Waals surface area (Å²) in [5.74, 6) is -1.66. The number of hydrogen-bond donors (Lipinski definition) is 1. The number of halogens is 2. The molecule has 0 aliphatic rings. The standard InChI is InChI=1S/C28H31ClFN3O4S/c1-4-17-31-28(35)21(3)32(18-22-9-5-7-11-25(22)30)27(34)19-33(26-12-8-6-10-24(26)29)38(36,37)23-15-13-20(2)14-16-23/h5-16,21H,4,17-19H2,1-3H3,(H,31,35)/t21-/m1/s1. The van der Waals surface area contributed by atoms with E-state index in [0.29, 0.717) is 13.0 Å². The minimum atomic E-state index is -4.24. The van der Waals surface area contributed by atoms with E-state index < -0.39 is 40.2 Å². The minimum Gasteiger partial charge on any atom is -0.354 e. The van der Waals surface area contributed by atoms with Crippen molar-refractivity contribution in [1.29, 1.82) is 0 Å². The molecule has 7 nitrogen and oxygen atoms in total. The number of carbonyl (C=O) groups is 2. The first-order chi connectivity index (χ1) is 18.1. The van der Waals surface area contributed by atoms with E-state index in [4.69, 9.17) is 11.6 Å². The van der Waals surface area contributed by atoms with Gasteiger partial charge in [-0.2, -0.15) is 0 Å². The van der Waals surface area contributed by atoms with Crippen LogP contribution in [0.15, 0.2) is 77.7 Å². The van der Waals surface area contributed by atoms with Crippen molar-refractivity contribution in [3.63, 3.8) is 0 Å². The number of nitrogens with one attached hydrogen (secondary N) is 1. The molecular formula is C28H31ClFN3O4S. The summed E-state index contributed by atoms with van der Waals surface area (Å²) in [4.78, 5) is 27.8. The molecule has 0 saturated heterocycles. The molecule has 0 fully saturated rings. The molecule has 1 N–H and O–H groups in total. The molecule has 0 spiro atoms. The van der Waals surface area contributed by atoms with E-state index in [1.54, 1.807) is 30.3 Å². The molecule has 0 saturated carbocycles. The fourth-order valence-electron chi connectivity index (χ4n) is 3.79. The Morgan fingerprint density at radius 1 is 1.00 bits per heavy atom. The molecule has 0 bridgehead atoms. The van der Waals surface area contributed by atoms with Crippen LogP contribution in [-0.4, -0.2) is 44.3 Å². The van der Waals surface area contributed by atoms with Gasteiger partial charge in [-0.25, -0.2) is 12.8 Å². The van der Waals surface area contributed by atoms with Crippen molar-refractivity contribution >= 4 is 39.1 Å². The summed E-state index contributed by atoms with van der Waals surface area (Å²) >= 11 is 6.38. The van der Waals surface area contributed by atoms with Crippen LogP contribution < -0.4 is 9.62 Å². The van der Waals surface area contributed by atoms with Gasteiger partial charge in [-0.3, -0.25) is 13.9 Å². The Hall–Kier alpha value is -3.43. The van der Waals surface area contributed by atoms with Gasteiger partial charge in [-0.1, -0.05) is 66.6 Å². The highest BCUT2D eigenvalue weighted by atomic mass is 35.5. The molecule has 3 rings (SSSR count). The third-order valence-electron chi connectivity index (χ3n) is 6.02. The number of sulfonamides is 1. The molecule has 0 unspecified atom stereocenters. The Morgan fingerprint density at radius 3 is 2.26 bits per heavy atom. The Kier molecular flexibility index (Phi) is 9.88. The number of hydrogen-bond acceptors (Lipinski definition) is 4. The second-order valence-electron chi connectivity index (χ2n) is 8.86. The van der Waals surface area contributed by atoms with Gasteiger partial charge in [0, 0.05) is 18.7 Å². The minimum absolute atomic E-state index is 0.0230. The highest BCUT2D eigenvalue weighted by Crippen LogP contribution is 2.31. The van der Waals surface area contributed by atoms with Gasteiger partial charge < -0.3 is 10.2 Å². The molecule has 0 aliphatic heterocycles. The number of amides is 2. The normalized spacial score (nSPS) is 12.0. The fraction of sp³-hybridized carbons (Fsp3) is 0.286. The lowest BCUT2D eigenvalue weighted by atomic mass is 10.1. The van der Waals surface area contributed by atoms with Crippen molar-refractivity contribution in [2.75, 3.05) is 17.4 Å². The van der Waals surface area contributed by atoms with Crippen LogP contribution in [0.4, 0.5) is 10.1 Å². The number of para-hydroxylation sites is 1. The van der Waals surface area contributed by atoms with Crippen molar-refractivity contribution < 1.29 is 22.4 Å². The molecular weight excluding hydrogens is 529 g/mol. The maximum atomic E-state index is 14.5. The summed E-state index contributed by atoms with van der Waals surface area (Å²) in [6.45, 7) is 4.77. The quantitative estimate of drug-likeness (QED) is 0.361. The van der Waals surface area contributed by atoms with Gasteiger partial charge in [0.25, 0.3) is 10.0 Å². The monoisotopic (exact) mass is 559 g/mol. The van der Waals surface area contributed by atoms with Crippen molar-refractivity contribution in [1.82, 2.24) is 10.2 Å². The first kappa shape index (κ1) is 29.1. The van der Waals surface area contributed by atoms with Gasteiger partial charge in [-0.15, -0.1) is 0 Å². The SMILES string of the molecule is CCCNC(=O)[C@@H](C)N(Cc1ccccc1F)C(=O)CN(c1ccccc1Cl)S(=O)(=O)c1ccc(C)cc1. The maximum absolute atomic E-state index is 14.5. The Morgan fingerprint density at radius 2 is 1.63 bits per heavy atom. The molecule has 0 aliphatic carbocycles. The van der Waals surface area contributed by atoms with Gasteiger partial charge in [0.2, 0.25) is 11.8 Å². The molecule has 1 atom stereocenters. The Bertz CT molecular complexity index is 1380. The van der Waals surface area contributed by atoms with Gasteiger partial charge >= 0.3 is 0 Å². The topological polar surface area (TPSA) is 86.8 Å². The number of aryl methyl sites for hydroxylation is 1. The van der Waals surface area contributed by atoms with E-state index in [2.05, 4.69) is 5.32 Å². The summed E-state index contributed by atoms with van der Waals surface area (Å²) in [7, 11) is -4.24. The van der Waals surface area contributed by atoms with E-state index in [9.17, 15) is 22.4 Å². The van der Waals surface area contributed by atoms with Crippen molar-refractivity contribution in [2.24, 2.45) is 0 Å². The van der Waals surface area contributed by atoms with Crippen molar-refractivity contribution in [3.8, 4) is 0 Å². The van der Waals surface area contributed by atoms with Crippen LogP contribution in [0.1, 0.15) is 31.4 Å². The molecule has 0 heterocycles. The number of rotatable bonds is 11. The van der Waals surface area contributed by atoms with Gasteiger partial charge in [0.15, 0.2) is 0 Å². The molecule has 3 aromatic rings. The number of anilines is 1. The Labute approximate surface area is 228 Å². The summed E-state index contributed by atoms with van der Waals surface area (Å²) < 4.78 is 43.0. The second-order valence-corrected chi connectivity index (χ2v) is 11.1. The van der Waals surface area contributed by atoms with Crippen LogP contribution in [-0.2, 0) is 26.2 Å². The largest absolute Gasteiger partial charge is 0.354 e. The van der Waals surface area contributed by atoms with Gasteiger partial charge in [0.05, 0.1) is 15.6 Å². The molecule has 10 heteroatoms. The van der Waals surface area contributed by atoms with Crippen LogP contribution >= 0.6 is 11.6 Å². The first-order valence-corrected chi connectivity index (χ1v) is 14.0. The smallest absolute Gasteiger partial charge is 0.264 e. The van der Waals surface area contributed by atoms with E-state index in [1.807, 2.05) is 13.8 Å². The average Bonchev–Trinajstić information content (AvgIpc) is 2.90. The zero-order valence-corrected chi connectivity index (χ0v) is 23.1. The fourth-order valence-corrected chi connectivity index (χ4v) is 5.51. The van der Waals surface area contributed by atoms with Crippen LogP contribution in [0, 0.1) is 12.7 Å². The van der Waals surface area contributed by atoms with Gasteiger partial charge in [0.1, 0.15) is 18.4 Å². The van der Waals surface area contributed by atoms with E-state index in [0.717, 1.165) is 9.87 Å². The zero-order chi connectivity index (χ0) is 27.9. The summed E-state index contributed by atoms with van der Waals surface area (Å²) in [5.41, 5.74) is 1.17. The lowest BCUT2D eigenvalue weighted by Gasteiger charge is -2.32. The van der Waals surface area contributed by atoms with Crippen LogP contribution in [0.2, 0.25) is 5.02 Å². The lowest BCUT2D eigenvalue weighted by molar-refractivity contribution is -0.139. The maximum Gasteiger partial charge on any atom is 0.264 e. The highest BCUT2D eigenvalue weighted by Gasteiger charge is 2.33. The average molecular weight is 560 g/mol. The summed E-state index contributed by atoms with van der Waals surface area (Å²) in [5, 5.41) is 2.87. The van der Waals surface area contributed by atoms with E-state index >= 15 is 0 Å². The van der Waals surface area contributed by atoms with Crippen LogP contribution in [0.3, 0.4) is 0 Å². The third kappa shape index (κ3) is 6.90. The molecule has 0 aromatic heterocycles. The molecule has 38 heavy (non-hydrogen) atoms. The van der Waals surface area contributed by atoms with Crippen LogP contribution in [0.5, 0.6) is 0 Å². The molecule has 202 valence electrons. The molecule has 3 aromatic carbocycles. The predicted molar refractivity (Wildman–Crippen MR) is 147 cm³/mol. The predicted octanol–water partition coefficient (Wildman–Crippen LogP) is 4.93. The number of benzene rings is 3.